The van der Waals surface area contributed by atoms with Crippen LogP contribution in [0.15, 0.2) is 43.0 Å². The average Bonchev–Trinajstić information content (AvgIpc) is 2.16. The Bertz CT molecular complexity index is 228. The zero-order valence-corrected chi connectivity index (χ0v) is 7.38. The third kappa shape index (κ3) is 2.51. The Morgan fingerprint density at radius 3 is 2.58 bits per heavy atom. The van der Waals surface area contributed by atoms with Gasteiger partial charge in [0.2, 0.25) is 0 Å². The van der Waals surface area contributed by atoms with E-state index in [1.54, 1.807) is 0 Å². The van der Waals surface area contributed by atoms with Crippen LogP contribution in [0.5, 0.6) is 0 Å². The molecule has 1 heteroatoms. The van der Waals surface area contributed by atoms with Gasteiger partial charge in [-0.3, -0.25) is 0 Å². The summed E-state index contributed by atoms with van der Waals surface area (Å²) in [5, 5.41) is 3.10. The molecule has 0 unspecified atom stereocenters. The first-order chi connectivity index (χ1) is 5.86. The molecular formula is C11H14N. The summed E-state index contributed by atoms with van der Waals surface area (Å²) in [6.07, 6.45) is 2.79. The van der Waals surface area contributed by atoms with Gasteiger partial charge in [-0.25, -0.2) is 0 Å². The smallest absolute Gasteiger partial charge is 0.0624 e. The Morgan fingerprint density at radius 1 is 1.42 bits per heavy atom. The van der Waals surface area contributed by atoms with E-state index >= 15 is 0 Å². The summed E-state index contributed by atoms with van der Waals surface area (Å²) in [6.45, 7) is 3.73. The van der Waals surface area contributed by atoms with E-state index in [1.165, 1.54) is 5.56 Å². The normalized spacial score (nSPS) is 10.2. The van der Waals surface area contributed by atoms with E-state index < -0.39 is 0 Å². The fourth-order valence-electron chi connectivity index (χ4n) is 1.08. The van der Waals surface area contributed by atoms with Crippen LogP contribution in [0.25, 0.3) is 0 Å². The van der Waals surface area contributed by atoms with Crippen LogP contribution in [0.1, 0.15) is 5.56 Å². The molecule has 0 aliphatic heterocycles. The highest BCUT2D eigenvalue weighted by Gasteiger charge is 2.01. The zero-order valence-electron chi connectivity index (χ0n) is 7.38. The standard InChI is InChI=1S/C11H14N/c1-3-11(12-2)9-10-7-5-4-6-8-10/h3-8,12H,1,9H2,2H3. The van der Waals surface area contributed by atoms with E-state index in [4.69, 9.17) is 0 Å². The van der Waals surface area contributed by atoms with Crippen molar-refractivity contribution in [3.05, 3.63) is 54.6 Å². The summed E-state index contributed by atoms with van der Waals surface area (Å²) in [5.41, 5.74) is 1.31. The van der Waals surface area contributed by atoms with Crippen molar-refractivity contribution in [2.45, 2.75) is 6.42 Å². The molecule has 1 aromatic carbocycles. The summed E-state index contributed by atoms with van der Waals surface area (Å²) < 4.78 is 0. The molecule has 0 atom stereocenters. The molecule has 0 aliphatic carbocycles. The van der Waals surface area contributed by atoms with Gasteiger partial charge in [0.25, 0.3) is 0 Å². The minimum atomic E-state index is 0.931. The van der Waals surface area contributed by atoms with Gasteiger partial charge in [-0.2, -0.15) is 0 Å². The van der Waals surface area contributed by atoms with E-state index in [0.717, 1.165) is 12.5 Å². The molecule has 0 spiro atoms. The third-order valence-corrected chi connectivity index (χ3v) is 1.80. The molecule has 12 heavy (non-hydrogen) atoms. The maximum atomic E-state index is 3.73. The first kappa shape index (κ1) is 9.01. The van der Waals surface area contributed by atoms with Gasteiger partial charge in [-0.05, 0) is 19.0 Å². The van der Waals surface area contributed by atoms with E-state index in [0.29, 0.717) is 0 Å². The third-order valence-electron chi connectivity index (χ3n) is 1.80. The molecule has 1 nitrogen and oxygen atoms in total. The van der Waals surface area contributed by atoms with Gasteiger partial charge in [0.15, 0.2) is 0 Å². The minimum absolute atomic E-state index is 0.931. The van der Waals surface area contributed by atoms with Crippen LogP contribution in [0, 0.1) is 6.04 Å². The lowest BCUT2D eigenvalue weighted by atomic mass is 10.1. The molecule has 1 radical (unpaired) electrons. The van der Waals surface area contributed by atoms with Crippen molar-refractivity contribution >= 4 is 0 Å². The largest absolute Gasteiger partial charge is 0.309 e. The number of benzene rings is 1. The second-order valence-electron chi connectivity index (χ2n) is 2.64. The van der Waals surface area contributed by atoms with Crippen molar-refractivity contribution in [3.8, 4) is 0 Å². The van der Waals surface area contributed by atoms with Crippen LogP contribution in [-0.4, -0.2) is 7.05 Å². The number of nitrogens with one attached hydrogen (secondary N) is 1. The maximum absolute atomic E-state index is 3.73. The molecule has 0 amide bonds. The lowest BCUT2D eigenvalue weighted by Crippen LogP contribution is -2.15. The number of likely N-dealkylation sites (N-methyl/N-ethyl adjacent to an activating group) is 1. The number of hydrogen-bond donors (Lipinski definition) is 1. The second kappa shape index (κ2) is 4.73. The Morgan fingerprint density at radius 2 is 2.08 bits per heavy atom. The van der Waals surface area contributed by atoms with Crippen LogP contribution in [0.4, 0.5) is 0 Å². The van der Waals surface area contributed by atoms with Crippen molar-refractivity contribution < 1.29 is 0 Å². The Labute approximate surface area is 74.1 Å². The van der Waals surface area contributed by atoms with Crippen molar-refractivity contribution in [1.82, 2.24) is 5.32 Å². The zero-order chi connectivity index (χ0) is 8.81. The molecule has 1 N–H and O–H groups in total. The molecule has 0 heterocycles. The highest BCUT2D eigenvalue weighted by Crippen LogP contribution is 2.07. The molecule has 1 aromatic rings. The van der Waals surface area contributed by atoms with Gasteiger partial charge in [0.1, 0.15) is 0 Å². The van der Waals surface area contributed by atoms with Crippen molar-refractivity contribution in [1.29, 1.82) is 0 Å². The highest BCUT2D eigenvalue weighted by molar-refractivity contribution is 5.21. The van der Waals surface area contributed by atoms with Gasteiger partial charge in [0, 0.05) is 0 Å². The monoisotopic (exact) mass is 160 g/mol. The Balaban J connectivity index is 2.56. The molecule has 0 fully saturated rings. The lowest BCUT2D eigenvalue weighted by molar-refractivity contribution is 0.817. The maximum Gasteiger partial charge on any atom is 0.0624 e. The molecule has 0 saturated heterocycles. The molecule has 63 valence electrons. The number of hydrogen-bond acceptors (Lipinski definition) is 1. The van der Waals surface area contributed by atoms with E-state index in [2.05, 4.69) is 24.0 Å². The summed E-state index contributed by atoms with van der Waals surface area (Å²) in [6, 6.07) is 11.5. The van der Waals surface area contributed by atoms with Gasteiger partial charge < -0.3 is 5.32 Å². The molecule has 0 aromatic heterocycles. The lowest BCUT2D eigenvalue weighted by Gasteiger charge is -2.09. The SMILES string of the molecule is C=C[C](Cc1ccccc1)NC. The minimum Gasteiger partial charge on any atom is -0.309 e. The van der Waals surface area contributed by atoms with Gasteiger partial charge in [0.05, 0.1) is 6.04 Å². The van der Waals surface area contributed by atoms with Gasteiger partial charge in [-0.1, -0.05) is 36.4 Å². The molecule has 0 bridgehead atoms. The molecule has 0 aliphatic rings. The average molecular weight is 160 g/mol. The predicted molar refractivity (Wildman–Crippen MR) is 52.6 cm³/mol. The van der Waals surface area contributed by atoms with Crippen LogP contribution in [-0.2, 0) is 6.42 Å². The Kier molecular flexibility index (Phi) is 3.55. The predicted octanol–water partition coefficient (Wildman–Crippen LogP) is 2.17. The van der Waals surface area contributed by atoms with Crippen LogP contribution in [0.2, 0.25) is 0 Å². The van der Waals surface area contributed by atoms with E-state index in [-0.39, 0.29) is 0 Å². The van der Waals surface area contributed by atoms with Crippen molar-refractivity contribution in [2.24, 2.45) is 0 Å². The van der Waals surface area contributed by atoms with Crippen molar-refractivity contribution in [2.75, 3.05) is 7.05 Å². The van der Waals surface area contributed by atoms with E-state index in [9.17, 15) is 0 Å². The first-order valence-electron chi connectivity index (χ1n) is 4.06. The van der Waals surface area contributed by atoms with Gasteiger partial charge >= 0.3 is 0 Å². The Hall–Kier alpha value is -1.08. The first-order valence-corrected chi connectivity index (χ1v) is 4.06. The molecule has 1 rings (SSSR count). The topological polar surface area (TPSA) is 12.0 Å². The summed E-state index contributed by atoms with van der Waals surface area (Å²) in [4.78, 5) is 0. The van der Waals surface area contributed by atoms with E-state index in [1.807, 2.05) is 31.3 Å². The van der Waals surface area contributed by atoms with Crippen LogP contribution >= 0.6 is 0 Å². The molecular weight excluding hydrogens is 146 g/mol. The number of rotatable bonds is 4. The highest BCUT2D eigenvalue weighted by atomic mass is 14.8. The van der Waals surface area contributed by atoms with Gasteiger partial charge in [-0.15, -0.1) is 6.58 Å². The quantitative estimate of drug-likeness (QED) is 0.711. The summed E-state index contributed by atoms with van der Waals surface area (Å²) in [7, 11) is 1.92. The second-order valence-corrected chi connectivity index (χ2v) is 2.64. The molecule has 0 saturated carbocycles. The van der Waals surface area contributed by atoms with Crippen molar-refractivity contribution in [3.63, 3.8) is 0 Å². The van der Waals surface area contributed by atoms with Crippen LogP contribution in [0.3, 0.4) is 0 Å². The van der Waals surface area contributed by atoms with Crippen LogP contribution < -0.4 is 5.32 Å². The summed E-state index contributed by atoms with van der Waals surface area (Å²) in [5.74, 6) is 0. The fourth-order valence-corrected chi connectivity index (χ4v) is 1.08. The summed E-state index contributed by atoms with van der Waals surface area (Å²) >= 11 is 0. The fraction of sp³-hybridized carbons (Fsp3) is 0.182.